The van der Waals surface area contributed by atoms with E-state index in [4.69, 9.17) is 9.88 Å². The minimum absolute atomic E-state index is 0.131. The molecule has 1 aromatic carbocycles. The van der Waals surface area contributed by atoms with Crippen LogP contribution in [0.1, 0.15) is 12.8 Å². The molecule has 0 radical (unpaired) electrons. The Morgan fingerprint density at radius 1 is 1.53 bits per heavy atom. The molecule has 19 heavy (non-hydrogen) atoms. The van der Waals surface area contributed by atoms with E-state index in [2.05, 4.69) is 11.9 Å². The second-order valence-electron chi connectivity index (χ2n) is 3.79. The third kappa shape index (κ3) is 4.38. The number of sulfonamides is 1. The van der Waals surface area contributed by atoms with E-state index in [1.54, 1.807) is 12.1 Å². The Bertz CT molecular complexity index is 581. The summed E-state index contributed by atoms with van der Waals surface area (Å²) >= 11 is 0. The Morgan fingerprint density at radius 2 is 2.21 bits per heavy atom. The smallest absolute Gasteiger partial charge is 0.241 e. The van der Waals surface area contributed by atoms with Gasteiger partial charge in [0.25, 0.3) is 0 Å². The van der Waals surface area contributed by atoms with Gasteiger partial charge in [-0.2, -0.15) is 0 Å². The van der Waals surface area contributed by atoms with Crippen LogP contribution in [0.5, 0.6) is 5.75 Å². The molecule has 1 rings (SSSR count). The molecule has 1 amide bonds. The van der Waals surface area contributed by atoms with Crippen molar-refractivity contribution < 1.29 is 17.9 Å². The molecule has 0 unspecified atom stereocenters. The number of carbonyl (C=O) groups is 1. The fraction of sp³-hybridized carbons (Fsp3) is 0.250. The molecular formula is C12H16N2O4S. The maximum absolute atomic E-state index is 11.5. The molecule has 0 aliphatic carbocycles. The van der Waals surface area contributed by atoms with Crippen LogP contribution >= 0.6 is 0 Å². The van der Waals surface area contributed by atoms with Gasteiger partial charge in [0.15, 0.2) is 0 Å². The van der Waals surface area contributed by atoms with Gasteiger partial charge in [0.2, 0.25) is 15.9 Å². The normalized spacial score (nSPS) is 10.8. The Kier molecular flexibility index (Phi) is 5.08. The van der Waals surface area contributed by atoms with E-state index in [9.17, 15) is 13.2 Å². The molecular weight excluding hydrogens is 268 g/mol. The number of hydrogen-bond acceptors (Lipinski definition) is 4. The van der Waals surface area contributed by atoms with E-state index in [1.165, 1.54) is 19.2 Å². The fourth-order valence-electron chi connectivity index (χ4n) is 1.43. The van der Waals surface area contributed by atoms with Gasteiger partial charge < -0.3 is 10.1 Å². The average molecular weight is 284 g/mol. The van der Waals surface area contributed by atoms with Crippen LogP contribution in [0.2, 0.25) is 0 Å². The molecule has 0 spiro atoms. The van der Waals surface area contributed by atoms with Crippen molar-refractivity contribution in [1.82, 2.24) is 0 Å². The van der Waals surface area contributed by atoms with E-state index in [0.29, 0.717) is 12.1 Å². The SMILES string of the molecule is C=CCCC(=O)Nc1ccc(OC)c(S(N)(=O)=O)c1. The number of amides is 1. The Labute approximate surface area is 112 Å². The predicted molar refractivity (Wildman–Crippen MR) is 72.4 cm³/mol. The summed E-state index contributed by atoms with van der Waals surface area (Å²) in [6.45, 7) is 3.52. The molecule has 0 heterocycles. The van der Waals surface area contributed by atoms with Gasteiger partial charge in [-0.25, -0.2) is 13.6 Å². The lowest BCUT2D eigenvalue weighted by molar-refractivity contribution is -0.116. The summed E-state index contributed by atoms with van der Waals surface area (Å²) in [6.07, 6.45) is 2.45. The number of rotatable bonds is 6. The van der Waals surface area contributed by atoms with Crippen LogP contribution in [0, 0.1) is 0 Å². The highest BCUT2D eigenvalue weighted by molar-refractivity contribution is 7.89. The van der Waals surface area contributed by atoms with Crippen molar-refractivity contribution in [2.45, 2.75) is 17.7 Å². The highest BCUT2D eigenvalue weighted by Gasteiger charge is 2.16. The van der Waals surface area contributed by atoms with Gasteiger partial charge >= 0.3 is 0 Å². The number of allylic oxidation sites excluding steroid dienone is 1. The standard InChI is InChI=1S/C12H16N2O4S/c1-3-4-5-12(15)14-9-6-7-10(18-2)11(8-9)19(13,16)17/h3,6-8H,1,4-5H2,2H3,(H,14,15)(H2,13,16,17). The third-order valence-corrected chi connectivity index (χ3v) is 3.26. The summed E-state index contributed by atoms with van der Waals surface area (Å²) in [5, 5.41) is 7.66. The van der Waals surface area contributed by atoms with Crippen molar-refractivity contribution in [3.63, 3.8) is 0 Å². The Balaban J connectivity index is 2.99. The lowest BCUT2D eigenvalue weighted by Crippen LogP contribution is -2.15. The lowest BCUT2D eigenvalue weighted by atomic mass is 10.2. The maximum atomic E-state index is 11.5. The number of ether oxygens (including phenoxy) is 1. The minimum Gasteiger partial charge on any atom is -0.495 e. The van der Waals surface area contributed by atoms with Crippen LogP contribution in [-0.2, 0) is 14.8 Å². The van der Waals surface area contributed by atoms with E-state index in [-0.39, 0.29) is 23.0 Å². The van der Waals surface area contributed by atoms with Crippen molar-refractivity contribution in [3.05, 3.63) is 30.9 Å². The topological polar surface area (TPSA) is 98.5 Å². The van der Waals surface area contributed by atoms with Gasteiger partial charge in [-0.05, 0) is 24.6 Å². The number of nitrogens with two attached hydrogens (primary N) is 1. The largest absolute Gasteiger partial charge is 0.495 e. The predicted octanol–water partition coefficient (Wildman–Crippen LogP) is 1.25. The molecule has 3 N–H and O–H groups in total. The molecule has 1 aromatic rings. The quantitative estimate of drug-likeness (QED) is 0.768. The highest BCUT2D eigenvalue weighted by Crippen LogP contribution is 2.26. The van der Waals surface area contributed by atoms with Gasteiger partial charge in [0.05, 0.1) is 7.11 Å². The summed E-state index contributed by atoms with van der Waals surface area (Å²) in [4.78, 5) is 11.3. The summed E-state index contributed by atoms with van der Waals surface area (Å²) in [6, 6.07) is 4.24. The number of methoxy groups -OCH3 is 1. The molecule has 0 aliphatic heterocycles. The number of anilines is 1. The summed E-state index contributed by atoms with van der Waals surface area (Å²) < 4.78 is 27.7. The maximum Gasteiger partial charge on any atom is 0.241 e. The van der Waals surface area contributed by atoms with E-state index < -0.39 is 10.0 Å². The first-order valence-corrected chi connectivity index (χ1v) is 7.04. The average Bonchev–Trinajstić information content (AvgIpc) is 2.35. The summed E-state index contributed by atoms with van der Waals surface area (Å²) in [7, 11) is -2.57. The Hall–Kier alpha value is -1.86. The van der Waals surface area contributed by atoms with Crippen LogP contribution in [0.4, 0.5) is 5.69 Å². The minimum atomic E-state index is -3.91. The van der Waals surface area contributed by atoms with E-state index >= 15 is 0 Å². The number of benzene rings is 1. The molecule has 0 atom stereocenters. The summed E-state index contributed by atoms with van der Waals surface area (Å²) in [5.41, 5.74) is 0.346. The molecule has 6 nitrogen and oxygen atoms in total. The summed E-state index contributed by atoms with van der Waals surface area (Å²) in [5.74, 6) is -0.1000. The van der Waals surface area contributed by atoms with Gasteiger partial charge in [0.1, 0.15) is 10.6 Å². The van der Waals surface area contributed by atoms with Crippen molar-refractivity contribution in [1.29, 1.82) is 0 Å². The number of hydrogen-bond donors (Lipinski definition) is 2. The first-order chi connectivity index (χ1) is 8.88. The van der Waals surface area contributed by atoms with Crippen LogP contribution in [0.3, 0.4) is 0 Å². The van der Waals surface area contributed by atoms with Crippen LogP contribution in [0.25, 0.3) is 0 Å². The number of nitrogens with one attached hydrogen (secondary N) is 1. The van der Waals surface area contributed by atoms with Crippen molar-refractivity contribution in [2.24, 2.45) is 5.14 Å². The molecule has 0 fully saturated rings. The van der Waals surface area contributed by atoms with E-state index in [0.717, 1.165) is 0 Å². The van der Waals surface area contributed by atoms with Crippen molar-refractivity contribution in [2.75, 3.05) is 12.4 Å². The zero-order valence-electron chi connectivity index (χ0n) is 10.5. The van der Waals surface area contributed by atoms with Gasteiger partial charge in [-0.15, -0.1) is 6.58 Å². The molecule has 0 saturated heterocycles. The fourth-order valence-corrected chi connectivity index (χ4v) is 2.16. The zero-order valence-corrected chi connectivity index (χ0v) is 11.4. The number of carbonyl (C=O) groups excluding carboxylic acids is 1. The molecule has 0 aliphatic rings. The van der Waals surface area contributed by atoms with Gasteiger partial charge in [-0.3, -0.25) is 4.79 Å². The van der Waals surface area contributed by atoms with Crippen LogP contribution in [0.15, 0.2) is 35.7 Å². The Morgan fingerprint density at radius 3 is 2.74 bits per heavy atom. The zero-order chi connectivity index (χ0) is 14.5. The third-order valence-electron chi connectivity index (χ3n) is 2.33. The second kappa shape index (κ2) is 6.35. The molecule has 104 valence electrons. The first-order valence-electron chi connectivity index (χ1n) is 5.50. The molecule has 7 heteroatoms. The van der Waals surface area contributed by atoms with E-state index in [1.807, 2.05) is 0 Å². The van der Waals surface area contributed by atoms with Gasteiger partial charge in [-0.1, -0.05) is 6.08 Å². The van der Waals surface area contributed by atoms with Crippen LogP contribution in [-0.4, -0.2) is 21.4 Å². The van der Waals surface area contributed by atoms with Crippen LogP contribution < -0.4 is 15.2 Å². The lowest BCUT2D eigenvalue weighted by Gasteiger charge is -2.10. The number of primary sulfonamides is 1. The second-order valence-corrected chi connectivity index (χ2v) is 5.32. The molecule has 0 bridgehead atoms. The molecule has 0 saturated carbocycles. The first kappa shape index (κ1) is 15.2. The van der Waals surface area contributed by atoms with Crippen molar-refractivity contribution in [3.8, 4) is 5.75 Å². The van der Waals surface area contributed by atoms with Crippen molar-refractivity contribution >= 4 is 21.6 Å². The molecule has 0 aromatic heterocycles. The monoisotopic (exact) mass is 284 g/mol. The van der Waals surface area contributed by atoms with Gasteiger partial charge in [0, 0.05) is 12.1 Å². The highest BCUT2D eigenvalue weighted by atomic mass is 32.2.